The van der Waals surface area contributed by atoms with Crippen LogP contribution in [-0.2, 0) is 25.8 Å². The van der Waals surface area contributed by atoms with E-state index in [1.54, 1.807) is 13.2 Å². The molecule has 0 aliphatic heterocycles. The minimum atomic E-state index is -4.42. The van der Waals surface area contributed by atoms with Crippen molar-refractivity contribution in [2.45, 2.75) is 25.8 Å². The van der Waals surface area contributed by atoms with Gasteiger partial charge in [0.1, 0.15) is 5.01 Å². The molecule has 0 aliphatic rings. The topological polar surface area (TPSA) is 67.1 Å². The number of alkyl halides is 3. The molecular formula is C18H20F3IN6S. The van der Waals surface area contributed by atoms with Crippen LogP contribution in [0.25, 0.3) is 0 Å². The van der Waals surface area contributed by atoms with Crippen LogP contribution in [0.1, 0.15) is 21.8 Å². The van der Waals surface area contributed by atoms with Crippen molar-refractivity contribution in [3.05, 3.63) is 69.9 Å². The molecule has 2 heterocycles. The van der Waals surface area contributed by atoms with Crippen molar-refractivity contribution in [2.75, 3.05) is 7.05 Å². The predicted molar refractivity (Wildman–Crippen MR) is 117 cm³/mol. The highest BCUT2D eigenvalue weighted by molar-refractivity contribution is 14.0. The van der Waals surface area contributed by atoms with Gasteiger partial charge in [-0.3, -0.25) is 9.67 Å². The third-order valence-corrected chi connectivity index (χ3v) is 4.66. The number of hydrogen-bond donors (Lipinski definition) is 2. The van der Waals surface area contributed by atoms with Gasteiger partial charge in [0.15, 0.2) is 11.7 Å². The second kappa shape index (κ2) is 10.6. The highest BCUT2D eigenvalue weighted by Gasteiger charge is 2.33. The van der Waals surface area contributed by atoms with Crippen molar-refractivity contribution in [2.24, 2.45) is 4.99 Å². The van der Waals surface area contributed by atoms with Gasteiger partial charge in [-0.05, 0) is 5.56 Å². The van der Waals surface area contributed by atoms with Gasteiger partial charge < -0.3 is 10.6 Å². The van der Waals surface area contributed by atoms with E-state index in [4.69, 9.17) is 0 Å². The Balaban J connectivity index is 0.00000300. The Morgan fingerprint density at radius 1 is 1.14 bits per heavy atom. The first kappa shape index (κ1) is 23.1. The fourth-order valence-corrected chi connectivity index (χ4v) is 3.18. The summed E-state index contributed by atoms with van der Waals surface area (Å²) >= 11 is 0.958. The van der Waals surface area contributed by atoms with Crippen molar-refractivity contribution in [1.29, 1.82) is 0 Å². The minimum absolute atomic E-state index is 0. The Kier molecular flexibility index (Phi) is 8.44. The van der Waals surface area contributed by atoms with Crippen molar-refractivity contribution in [1.82, 2.24) is 25.4 Å². The Bertz CT molecular complexity index is 923. The number of nitrogens with zero attached hydrogens (tertiary/aromatic N) is 4. The maximum absolute atomic E-state index is 12.6. The average molecular weight is 536 g/mol. The van der Waals surface area contributed by atoms with Crippen molar-refractivity contribution in [3.63, 3.8) is 0 Å². The number of halogens is 4. The molecule has 0 unspecified atom stereocenters. The fourth-order valence-electron chi connectivity index (χ4n) is 2.44. The lowest BCUT2D eigenvalue weighted by atomic mass is 10.2. The van der Waals surface area contributed by atoms with Crippen molar-refractivity contribution < 1.29 is 13.2 Å². The third kappa shape index (κ3) is 6.99. The van der Waals surface area contributed by atoms with E-state index in [1.165, 1.54) is 0 Å². The summed E-state index contributed by atoms with van der Waals surface area (Å²) in [7, 11) is 1.59. The number of benzene rings is 1. The molecule has 11 heteroatoms. The second-order valence-corrected chi connectivity index (χ2v) is 6.88. The van der Waals surface area contributed by atoms with Crippen LogP contribution >= 0.6 is 35.3 Å². The minimum Gasteiger partial charge on any atom is -0.352 e. The summed E-state index contributed by atoms with van der Waals surface area (Å²) in [5.74, 6) is 0.472. The first-order valence-corrected chi connectivity index (χ1v) is 9.33. The predicted octanol–water partition coefficient (Wildman–Crippen LogP) is 3.89. The van der Waals surface area contributed by atoms with Crippen LogP contribution in [0.4, 0.5) is 13.2 Å². The molecule has 1 aromatic carbocycles. The molecule has 6 nitrogen and oxygen atoms in total. The molecule has 29 heavy (non-hydrogen) atoms. The lowest BCUT2D eigenvalue weighted by Crippen LogP contribution is -2.36. The monoisotopic (exact) mass is 536 g/mol. The van der Waals surface area contributed by atoms with Gasteiger partial charge in [0, 0.05) is 30.7 Å². The van der Waals surface area contributed by atoms with E-state index < -0.39 is 11.9 Å². The SMILES string of the molecule is CN=C(NCc1cnn(Cc2ccccc2)c1)NCc1nc(C(F)(F)F)cs1.I. The summed E-state index contributed by atoms with van der Waals surface area (Å²) in [6, 6.07) is 10.0. The smallest absolute Gasteiger partial charge is 0.352 e. The standard InChI is InChI=1S/C18H19F3N6S.HI/c1-22-17(24-9-16-26-15(12-28-16)18(19,20)21)23-7-14-8-25-27(11-14)10-13-5-3-2-4-6-13;/h2-6,8,11-12H,7,9-10H2,1H3,(H2,22,23,24);1H. The average Bonchev–Trinajstić information content (AvgIpc) is 3.32. The summed E-state index contributed by atoms with van der Waals surface area (Å²) in [6.07, 6.45) is -0.724. The molecule has 0 amide bonds. The molecular weight excluding hydrogens is 516 g/mol. The molecule has 0 saturated heterocycles. The summed E-state index contributed by atoms with van der Waals surface area (Å²) in [5.41, 5.74) is 1.25. The Morgan fingerprint density at radius 2 is 1.86 bits per heavy atom. The summed E-state index contributed by atoms with van der Waals surface area (Å²) in [4.78, 5) is 7.65. The van der Waals surface area contributed by atoms with Crippen molar-refractivity contribution in [3.8, 4) is 0 Å². The van der Waals surface area contributed by atoms with Gasteiger partial charge in [-0.25, -0.2) is 4.98 Å². The molecule has 0 fully saturated rings. The molecule has 0 atom stereocenters. The normalized spacial score (nSPS) is 11.8. The Labute approximate surface area is 187 Å². The van der Waals surface area contributed by atoms with Crippen LogP contribution in [0.3, 0.4) is 0 Å². The number of rotatable bonds is 6. The summed E-state index contributed by atoms with van der Waals surface area (Å²) < 4.78 is 39.6. The maximum atomic E-state index is 12.6. The highest BCUT2D eigenvalue weighted by atomic mass is 127. The Morgan fingerprint density at radius 3 is 2.52 bits per heavy atom. The molecule has 0 aliphatic carbocycles. The number of aromatic nitrogens is 3. The van der Waals surface area contributed by atoms with E-state index >= 15 is 0 Å². The molecule has 0 bridgehead atoms. The van der Waals surface area contributed by atoms with Gasteiger partial charge in [-0.15, -0.1) is 35.3 Å². The molecule has 156 valence electrons. The highest BCUT2D eigenvalue weighted by Crippen LogP contribution is 2.29. The number of thiazole rings is 1. The lowest BCUT2D eigenvalue weighted by Gasteiger charge is -2.10. The third-order valence-electron chi connectivity index (χ3n) is 3.81. The maximum Gasteiger partial charge on any atom is 0.434 e. The second-order valence-electron chi connectivity index (χ2n) is 5.94. The van der Waals surface area contributed by atoms with Gasteiger partial charge in [0.25, 0.3) is 0 Å². The number of guanidine groups is 1. The molecule has 0 radical (unpaired) electrons. The molecule has 2 N–H and O–H groups in total. The lowest BCUT2D eigenvalue weighted by molar-refractivity contribution is -0.140. The van der Waals surface area contributed by atoms with Gasteiger partial charge in [-0.2, -0.15) is 18.3 Å². The molecule has 2 aromatic heterocycles. The number of nitrogens with one attached hydrogen (secondary N) is 2. The van der Waals surface area contributed by atoms with E-state index in [1.807, 2.05) is 41.2 Å². The van der Waals surface area contributed by atoms with Crippen LogP contribution in [0, 0.1) is 0 Å². The first-order valence-electron chi connectivity index (χ1n) is 8.45. The van der Waals surface area contributed by atoms with E-state index in [2.05, 4.69) is 25.7 Å². The van der Waals surface area contributed by atoms with Gasteiger partial charge in [0.05, 0.1) is 19.3 Å². The van der Waals surface area contributed by atoms with Crippen LogP contribution in [0.5, 0.6) is 0 Å². The van der Waals surface area contributed by atoms with E-state index in [-0.39, 0.29) is 30.5 Å². The van der Waals surface area contributed by atoms with E-state index in [9.17, 15) is 13.2 Å². The van der Waals surface area contributed by atoms with E-state index in [0.29, 0.717) is 24.1 Å². The van der Waals surface area contributed by atoms with Crippen molar-refractivity contribution >= 4 is 41.3 Å². The first-order chi connectivity index (χ1) is 13.4. The molecule has 3 rings (SSSR count). The summed E-state index contributed by atoms with van der Waals surface area (Å²) in [5, 5.41) is 11.8. The van der Waals surface area contributed by atoms with Gasteiger partial charge in [0.2, 0.25) is 0 Å². The Hall–Kier alpha value is -2.15. The van der Waals surface area contributed by atoms with Gasteiger partial charge in [-0.1, -0.05) is 30.3 Å². The van der Waals surface area contributed by atoms with Crippen LogP contribution in [0.15, 0.2) is 53.1 Å². The van der Waals surface area contributed by atoms with Gasteiger partial charge >= 0.3 is 6.18 Å². The largest absolute Gasteiger partial charge is 0.434 e. The summed E-state index contributed by atoms with van der Waals surface area (Å²) in [6.45, 7) is 1.33. The zero-order valence-electron chi connectivity index (χ0n) is 15.5. The van der Waals surface area contributed by atoms with Crippen LogP contribution < -0.4 is 10.6 Å². The molecule has 0 saturated carbocycles. The zero-order valence-corrected chi connectivity index (χ0v) is 18.6. The quantitative estimate of drug-likeness (QED) is 0.285. The fraction of sp³-hybridized carbons (Fsp3) is 0.278. The molecule has 0 spiro atoms. The number of aliphatic imine (C=N–C) groups is 1. The molecule has 3 aromatic rings. The van der Waals surface area contributed by atoms with E-state index in [0.717, 1.165) is 27.8 Å². The zero-order chi connectivity index (χ0) is 20.0. The van der Waals surface area contributed by atoms with Crippen LogP contribution in [-0.4, -0.2) is 27.8 Å². The van der Waals surface area contributed by atoms with Crippen LogP contribution in [0.2, 0.25) is 0 Å². The number of hydrogen-bond acceptors (Lipinski definition) is 4.